The highest BCUT2D eigenvalue weighted by Gasteiger charge is 2.14. The number of hydrogen-bond donors (Lipinski definition) is 0. The quantitative estimate of drug-likeness (QED) is 0.463. The zero-order valence-electron chi connectivity index (χ0n) is 6.03. The van der Waals surface area contributed by atoms with Gasteiger partial charge in [-0.1, -0.05) is 0 Å². The normalized spacial score (nSPS) is 10.6. The summed E-state index contributed by atoms with van der Waals surface area (Å²) in [6.07, 6.45) is 0. The highest BCUT2D eigenvalue weighted by Crippen LogP contribution is 2.26. The molecule has 0 heterocycles. The van der Waals surface area contributed by atoms with Crippen molar-refractivity contribution in [3.05, 3.63) is 27.3 Å². The van der Waals surface area contributed by atoms with Crippen molar-refractivity contribution in [2.24, 2.45) is 0 Å². The van der Waals surface area contributed by atoms with Gasteiger partial charge >= 0.3 is 6.61 Å². The molecule has 1 aromatic rings. The lowest BCUT2D eigenvalue weighted by Crippen LogP contribution is -2.04. The SMILES string of the molecule is Fc1ccc(OC(F)F)c(I)c1F. The summed E-state index contributed by atoms with van der Waals surface area (Å²) in [5, 5.41) is 0. The van der Waals surface area contributed by atoms with Crippen LogP contribution in [0.3, 0.4) is 0 Å². The Morgan fingerprint density at radius 3 is 2.38 bits per heavy atom. The summed E-state index contributed by atoms with van der Waals surface area (Å²) in [5.41, 5.74) is 0. The van der Waals surface area contributed by atoms with Crippen molar-refractivity contribution in [2.75, 3.05) is 0 Å². The first-order valence-electron chi connectivity index (χ1n) is 3.10. The molecule has 1 rings (SSSR count). The maximum Gasteiger partial charge on any atom is 0.387 e. The Kier molecular flexibility index (Phi) is 3.34. The van der Waals surface area contributed by atoms with Gasteiger partial charge in [0.2, 0.25) is 0 Å². The Morgan fingerprint density at radius 1 is 1.23 bits per heavy atom. The van der Waals surface area contributed by atoms with Gasteiger partial charge in [0.25, 0.3) is 0 Å². The Bertz CT molecular complexity index is 316. The molecule has 0 aliphatic rings. The molecular formula is C7H3F4IO. The molecule has 0 N–H and O–H groups in total. The van der Waals surface area contributed by atoms with Crippen molar-refractivity contribution in [1.29, 1.82) is 0 Å². The molecule has 0 aromatic heterocycles. The summed E-state index contributed by atoms with van der Waals surface area (Å²) in [4.78, 5) is 0. The second-order valence-corrected chi connectivity index (χ2v) is 3.13. The highest BCUT2D eigenvalue weighted by molar-refractivity contribution is 14.1. The van der Waals surface area contributed by atoms with Gasteiger partial charge in [-0.15, -0.1) is 0 Å². The van der Waals surface area contributed by atoms with Crippen LogP contribution < -0.4 is 4.74 Å². The molecule has 0 atom stereocenters. The van der Waals surface area contributed by atoms with Crippen LogP contribution in [-0.4, -0.2) is 6.61 Å². The molecule has 1 nitrogen and oxygen atoms in total. The van der Waals surface area contributed by atoms with Gasteiger partial charge in [-0.25, -0.2) is 8.78 Å². The maximum atomic E-state index is 12.7. The molecule has 0 saturated heterocycles. The van der Waals surface area contributed by atoms with Gasteiger partial charge < -0.3 is 4.74 Å². The summed E-state index contributed by atoms with van der Waals surface area (Å²) in [6.45, 7) is -3.04. The molecule has 72 valence electrons. The van der Waals surface area contributed by atoms with Gasteiger partial charge in [0, 0.05) is 0 Å². The number of benzene rings is 1. The molecule has 0 unspecified atom stereocenters. The number of rotatable bonds is 2. The number of alkyl halides is 2. The summed E-state index contributed by atoms with van der Waals surface area (Å²) < 4.78 is 52.2. The van der Waals surface area contributed by atoms with E-state index in [0.717, 1.165) is 12.1 Å². The van der Waals surface area contributed by atoms with Crippen LogP contribution in [0.2, 0.25) is 0 Å². The van der Waals surface area contributed by atoms with Crippen molar-refractivity contribution in [2.45, 2.75) is 6.61 Å². The molecule has 6 heteroatoms. The second kappa shape index (κ2) is 4.12. The topological polar surface area (TPSA) is 9.23 Å². The van der Waals surface area contributed by atoms with Crippen LogP contribution in [0.15, 0.2) is 12.1 Å². The Balaban J connectivity index is 3.04. The van der Waals surface area contributed by atoms with E-state index in [2.05, 4.69) is 4.74 Å². The lowest BCUT2D eigenvalue weighted by molar-refractivity contribution is -0.0506. The van der Waals surface area contributed by atoms with Crippen molar-refractivity contribution in [1.82, 2.24) is 0 Å². The first-order chi connectivity index (χ1) is 6.02. The molecule has 0 saturated carbocycles. The molecule has 1 aromatic carbocycles. The van der Waals surface area contributed by atoms with Crippen molar-refractivity contribution in [3.8, 4) is 5.75 Å². The van der Waals surface area contributed by atoms with Gasteiger partial charge in [-0.2, -0.15) is 8.78 Å². The van der Waals surface area contributed by atoms with Crippen molar-refractivity contribution in [3.63, 3.8) is 0 Å². The average molecular weight is 306 g/mol. The summed E-state index contributed by atoms with van der Waals surface area (Å²) >= 11 is 1.39. The minimum atomic E-state index is -3.04. The standard InChI is InChI=1S/C7H3F4IO/c8-3-1-2-4(13-7(10)11)6(12)5(3)9/h1-2,7H. The Morgan fingerprint density at radius 2 is 1.85 bits per heavy atom. The van der Waals surface area contributed by atoms with Crippen LogP contribution in [-0.2, 0) is 0 Å². The third-order valence-corrected chi connectivity index (χ3v) is 2.22. The van der Waals surface area contributed by atoms with Crippen LogP contribution in [0.5, 0.6) is 5.75 Å². The van der Waals surface area contributed by atoms with Gasteiger partial charge in [-0.05, 0) is 34.7 Å². The molecular weight excluding hydrogens is 303 g/mol. The lowest BCUT2D eigenvalue weighted by Gasteiger charge is -2.06. The van der Waals surface area contributed by atoms with E-state index < -0.39 is 18.2 Å². The highest BCUT2D eigenvalue weighted by atomic mass is 127. The minimum absolute atomic E-state index is 0.294. The van der Waals surface area contributed by atoms with Gasteiger partial charge in [0.1, 0.15) is 5.75 Å². The maximum absolute atomic E-state index is 12.7. The molecule has 0 aliphatic heterocycles. The van der Waals surface area contributed by atoms with E-state index in [4.69, 9.17) is 0 Å². The predicted molar refractivity (Wildman–Crippen MR) is 45.7 cm³/mol. The monoisotopic (exact) mass is 306 g/mol. The van der Waals surface area contributed by atoms with E-state index in [1.165, 1.54) is 22.6 Å². The van der Waals surface area contributed by atoms with E-state index in [1.54, 1.807) is 0 Å². The first kappa shape index (κ1) is 10.6. The van der Waals surface area contributed by atoms with Crippen LogP contribution in [0.4, 0.5) is 17.6 Å². The first-order valence-corrected chi connectivity index (χ1v) is 4.18. The predicted octanol–water partition coefficient (Wildman–Crippen LogP) is 3.17. The molecule has 13 heavy (non-hydrogen) atoms. The fraction of sp³-hybridized carbons (Fsp3) is 0.143. The van der Waals surface area contributed by atoms with Crippen LogP contribution >= 0.6 is 22.6 Å². The number of ether oxygens (including phenoxy) is 1. The largest absolute Gasteiger partial charge is 0.434 e. The van der Waals surface area contributed by atoms with Crippen LogP contribution in [0, 0.1) is 15.2 Å². The lowest BCUT2D eigenvalue weighted by atomic mass is 10.3. The molecule has 0 aliphatic carbocycles. The average Bonchev–Trinajstić information content (AvgIpc) is 2.06. The third-order valence-electron chi connectivity index (χ3n) is 1.22. The van der Waals surface area contributed by atoms with Crippen LogP contribution in [0.25, 0.3) is 0 Å². The Labute approximate surface area is 84.8 Å². The van der Waals surface area contributed by atoms with Crippen molar-refractivity contribution >= 4 is 22.6 Å². The molecule has 0 bridgehead atoms. The van der Waals surface area contributed by atoms with E-state index in [0.29, 0.717) is 0 Å². The molecule has 0 amide bonds. The summed E-state index contributed by atoms with van der Waals surface area (Å²) in [7, 11) is 0. The second-order valence-electron chi connectivity index (χ2n) is 2.05. The molecule has 0 spiro atoms. The third kappa shape index (κ3) is 2.45. The van der Waals surface area contributed by atoms with E-state index >= 15 is 0 Å². The van der Waals surface area contributed by atoms with E-state index in [1.807, 2.05) is 0 Å². The van der Waals surface area contributed by atoms with Crippen LogP contribution in [0.1, 0.15) is 0 Å². The van der Waals surface area contributed by atoms with E-state index in [9.17, 15) is 17.6 Å². The molecule has 0 fully saturated rings. The zero-order valence-corrected chi connectivity index (χ0v) is 8.19. The van der Waals surface area contributed by atoms with Gasteiger partial charge in [-0.3, -0.25) is 0 Å². The summed E-state index contributed by atoms with van der Waals surface area (Å²) in [5.74, 6) is -2.64. The number of halogens is 5. The summed E-state index contributed by atoms with van der Waals surface area (Å²) in [6, 6.07) is 1.68. The van der Waals surface area contributed by atoms with Gasteiger partial charge in [0.15, 0.2) is 11.6 Å². The minimum Gasteiger partial charge on any atom is -0.434 e. The van der Waals surface area contributed by atoms with E-state index in [-0.39, 0.29) is 9.32 Å². The molecule has 0 radical (unpaired) electrons. The number of hydrogen-bond acceptors (Lipinski definition) is 1. The smallest absolute Gasteiger partial charge is 0.387 e. The van der Waals surface area contributed by atoms with Crippen molar-refractivity contribution < 1.29 is 22.3 Å². The fourth-order valence-electron chi connectivity index (χ4n) is 0.695. The fourth-order valence-corrected chi connectivity index (χ4v) is 1.26. The zero-order chi connectivity index (χ0) is 10.0. The Hall–Kier alpha value is -0.530. The van der Waals surface area contributed by atoms with Gasteiger partial charge in [0.05, 0.1) is 3.57 Å².